The number of nitrogens with one attached hydrogen (secondary N) is 1. The summed E-state index contributed by atoms with van der Waals surface area (Å²) in [7, 11) is 0. The topological polar surface area (TPSA) is 61.4 Å². The first-order valence-electron chi connectivity index (χ1n) is 9.81. The zero-order chi connectivity index (χ0) is 17.6. The number of aromatic nitrogens is 2. The Morgan fingerprint density at radius 2 is 2.08 bits per heavy atom. The van der Waals surface area contributed by atoms with Crippen molar-refractivity contribution in [1.29, 1.82) is 0 Å². The third-order valence-electron chi connectivity index (χ3n) is 5.48. The third-order valence-corrected chi connectivity index (χ3v) is 5.48. The number of hydrogen-bond acceptors (Lipinski definition) is 5. The minimum Gasteiger partial charge on any atom is -0.355 e. The van der Waals surface area contributed by atoms with E-state index < -0.39 is 0 Å². The van der Waals surface area contributed by atoms with E-state index in [0.29, 0.717) is 0 Å². The molecular formula is C19H31N5O. The van der Waals surface area contributed by atoms with Gasteiger partial charge in [-0.3, -0.25) is 4.79 Å². The number of anilines is 1. The van der Waals surface area contributed by atoms with Crippen molar-refractivity contribution >= 4 is 11.9 Å². The van der Waals surface area contributed by atoms with Gasteiger partial charge in [0.15, 0.2) is 0 Å². The molecule has 1 saturated heterocycles. The highest BCUT2D eigenvalue weighted by molar-refractivity contribution is 5.79. The first-order chi connectivity index (χ1) is 12.2. The number of aryl methyl sites for hydroxylation is 1. The van der Waals surface area contributed by atoms with Gasteiger partial charge in [-0.15, -0.1) is 0 Å². The average molecular weight is 345 g/mol. The maximum atomic E-state index is 12.5. The Bertz CT molecular complexity index is 581. The van der Waals surface area contributed by atoms with Crippen LogP contribution in [0.5, 0.6) is 0 Å². The fourth-order valence-electron chi connectivity index (χ4n) is 3.87. The molecule has 1 unspecified atom stereocenters. The molecule has 1 atom stereocenters. The number of nitrogens with zero attached hydrogens (tertiary/aromatic N) is 4. The highest BCUT2D eigenvalue weighted by Crippen LogP contribution is 2.25. The summed E-state index contributed by atoms with van der Waals surface area (Å²) in [5, 5.41) is 3.13. The van der Waals surface area contributed by atoms with Crippen LogP contribution in [0.15, 0.2) is 6.20 Å². The molecule has 0 bridgehead atoms. The van der Waals surface area contributed by atoms with Crippen LogP contribution in [0.2, 0.25) is 0 Å². The molecule has 6 heteroatoms. The molecule has 6 nitrogen and oxygen atoms in total. The van der Waals surface area contributed by atoms with E-state index in [9.17, 15) is 4.79 Å². The van der Waals surface area contributed by atoms with Crippen molar-refractivity contribution < 1.29 is 4.79 Å². The van der Waals surface area contributed by atoms with Gasteiger partial charge in [0, 0.05) is 44.0 Å². The predicted octanol–water partition coefficient (Wildman–Crippen LogP) is 1.64. The van der Waals surface area contributed by atoms with Crippen LogP contribution in [0.3, 0.4) is 0 Å². The van der Waals surface area contributed by atoms with Gasteiger partial charge in [-0.2, -0.15) is 0 Å². The summed E-state index contributed by atoms with van der Waals surface area (Å²) in [4.78, 5) is 26.3. The van der Waals surface area contributed by atoms with E-state index >= 15 is 0 Å². The number of amides is 1. The van der Waals surface area contributed by atoms with Crippen LogP contribution < -0.4 is 10.2 Å². The number of likely N-dealkylation sites (tertiary alicyclic amines) is 1. The van der Waals surface area contributed by atoms with Crippen molar-refractivity contribution in [2.45, 2.75) is 46.0 Å². The van der Waals surface area contributed by atoms with Gasteiger partial charge in [-0.25, -0.2) is 9.97 Å². The Kier molecular flexibility index (Phi) is 6.24. The minimum atomic E-state index is 0.0639. The van der Waals surface area contributed by atoms with Crippen LogP contribution in [0.4, 0.5) is 5.95 Å². The Labute approximate surface area is 151 Å². The Morgan fingerprint density at radius 1 is 1.32 bits per heavy atom. The van der Waals surface area contributed by atoms with Crippen molar-refractivity contribution in [1.82, 2.24) is 20.2 Å². The monoisotopic (exact) mass is 345 g/mol. The van der Waals surface area contributed by atoms with Gasteiger partial charge in [0.1, 0.15) is 0 Å². The van der Waals surface area contributed by atoms with E-state index in [0.717, 1.165) is 62.6 Å². The Hall–Kier alpha value is -1.69. The highest BCUT2D eigenvalue weighted by Gasteiger charge is 2.26. The maximum absolute atomic E-state index is 12.5. The van der Waals surface area contributed by atoms with E-state index in [1.54, 1.807) is 0 Å². The van der Waals surface area contributed by atoms with E-state index in [1.807, 2.05) is 6.20 Å². The van der Waals surface area contributed by atoms with Gasteiger partial charge >= 0.3 is 0 Å². The van der Waals surface area contributed by atoms with Crippen molar-refractivity contribution in [3.63, 3.8) is 0 Å². The molecule has 1 aliphatic heterocycles. The minimum absolute atomic E-state index is 0.0639. The summed E-state index contributed by atoms with van der Waals surface area (Å²) in [6.45, 7) is 10.2. The SMILES string of the molecule is CCN(CC)c1ncc2c(n1)CCC(C(=O)NCCN1CCCC1)C2. The first-order valence-corrected chi connectivity index (χ1v) is 9.81. The highest BCUT2D eigenvalue weighted by atomic mass is 16.1. The standard InChI is InChI=1S/C19H31N5O/c1-3-24(4-2)19-21-14-16-13-15(7-8-17(16)22-19)18(25)20-9-12-23-10-5-6-11-23/h14-15H,3-13H2,1-2H3,(H,20,25). The molecular weight excluding hydrogens is 314 g/mol. The Balaban J connectivity index is 1.52. The lowest BCUT2D eigenvalue weighted by Gasteiger charge is -2.25. The fourth-order valence-corrected chi connectivity index (χ4v) is 3.87. The van der Waals surface area contributed by atoms with Crippen LogP contribution in [-0.4, -0.2) is 60.0 Å². The number of rotatable bonds is 7. The van der Waals surface area contributed by atoms with Crippen molar-refractivity contribution in [3.8, 4) is 0 Å². The molecule has 2 aliphatic rings. The van der Waals surface area contributed by atoms with Gasteiger partial charge in [0.25, 0.3) is 0 Å². The second-order valence-electron chi connectivity index (χ2n) is 7.09. The number of carbonyl (C=O) groups excluding carboxylic acids is 1. The predicted molar refractivity (Wildman–Crippen MR) is 99.8 cm³/mol. The number of carbonyl (C=O) groups is 1. The molecule has 1 amide bonds. The zero-order valence-corrected chi connectivity index (χ0v) is 15.6. The number of hydrogen-bond donors (Lipinski definition) is 1. The van der Waals surface area contributed by atoms with Gasteiger partial charge in [0.05, 0.1) is 0 Å². The van der Waals surface area contributed by atoms with Gasteiger partial charge in [-0.1, -0.05) is 0 Å². The summed E-state index contributed by atoms with van der Waals surface area (Å²) in [5.41, 5.74) is 2.26. The molecule has 1 aliphatic carbocycles. The summed E-state index contributed by atoms with van der Waals surface area (Å²) in [6, 6.07) is 0. The third kappa shape index (κ3) is 4.48. The molecule has 2 heterocycles. The van der Waals surface area contributed by atoms with Crippen LogP contribution in [0.1, 0.15) is 44.4 Å². The van der Waals surface area contributed by atoms with Crippen LogP contribution in [-0.2, 0) is 17.6 Å². The summed E-state index contributed by atoms with van der Waals surface area (Å²) >= 11 is 0. The smallest absolute Gasteiger partial charge is 0.225 e. The van der Waals surface area contributed by atoms with Crippen molar-refractivity contribution in [2.75, 3.05) is 44.2 Å². The molecule has 1 aromatic rings. The molecule has 0 saturated carbocycles. The molecule has 25 heavy (non-hydrogen) atoms. The molecule has 3 rings (SSSR count). The second-order valence-corrected chi connectivity index (χ2v) is 7.09. The quantitative estimate of drug-likeness (QED) is 0.814. The van der Waals surface area contributed by atoms with Gasteiger partial charge in [0.2, 0.25) is 11.9 Å². The Morgan fingerprint density at radius 3 is 2.80 bits per heavy atom. The molecule has 1 N–H and O–H groups in total. The average Bonchev–Trinajstić information content (AvgIpc) is 3.15. The van der Waals surface area contributed by atoms with Crippen LogP contribution in [0.25, 0.3) is 0 Å². The summed E-state index contributed by atoms with van der Waals surface area (Å²) in [5.74, 6) is 1.07. The molecule has 0 spiro atoms. The van der Waals surface area contributed by atoms with Crippen LogP contribution >= 0.6 is 0 Å². The van der Waals surface area contributed by atoms with Crippen molar-refractivity contribution in [3.05, 3.63) is 17.5 Å². The van der Waals surface area contributed by atoms with E-state index in [2.05, 4.69) is 33.9 Å². The zero-order valence-electron chi connectivity index (χ0n) is 15.6. The molecule has 1 fully saturated rings. The largest absolute Gasteiger partial charge is 0.355 e. The maximum Gasteiger partial charge on any atom is 0.225 e. The lowest BCUT2D eigenvalue weighted by atomic mass is 9.86. The number of fused-ring (bicyclic) bond motifs is 1. The molecule has 1 aromatic heterocycles. The lowest BCUT2D eigenvalue weighted by molar-refractivity contribution is -0.125. The summed E-state index contributed by atoms with van der Waals surface area (Å²) in [6.07, 6.45) is 7.04. The van der Waals surface area contributed by atoms with Crippen LogP contribution in [0, 0.1) is 5.92 Å². The van der Waals surface area contributed by atoms with Crippen molar-refractivity contribution in [2.24, 2.45) is 5.92 Å². The first kappa shape index (κ1) is 18.1. The molecule has 0 aromatic carbocycles. The normalized spacial score (nSPS) is 20.3. The molecule has 138 valence electrons. The van der Waals surface area contributed by atoms with E-state index in [-0.39, 0.29) is 11.8 Å². The fraction of sp³-hybridized carbons (Fsp3) is 0.737. The van der Waals surface area contributed by atoms with E-state index in [4.69, 9.17) is 4.98 Å². The van der Waals surface area contributed by atoms with Gasteiger partial charge < -0.3 is 15.1 Å². The molecule has 0 radical (unpaired) electrons. The van der Waals surface area contributed by atoms with Gasteiger partial charge in [-0.05, 0) is 64.6 Å². The second kappa shape index (κ2) is 8.61. The van der Waals surface area contributed by atoms with E-state index in [1.165, 1.54) is 25.9 Å². The lowest BCUT2D eigenvalue weighted by Crippen LogP contribution is -2.38. The summed E-state index contributed by atoms with van der Waals surface area (Å²) < 4.78 is 0.